The van der Waals surface area contributed by atoms with Gasteiger partial charge in [-0.25, -0.2) is 4.79 Å². The third kappa shape index (κ3) is 2.71. The molecule has 2 rings (SSSR count). The smallest absolute Gasteiger partial charge is 0.338 e. The molecule has 0 amide bonds. The van der Waals surface area contributed by atoms with Gasteiger partial charge in [0.15, 0.2) is 11.5 Å². The van der Waals surface area contributed by atoms with E-state index in [1.807, 2.05) is 0 Å². The highest BCUT2D eigenvalue weighted by atomic mass is 16.5. The summed E-state index contributed by atoms with van der Waals surface area (Å²) in [6.45, 7) is 1.73. The summed E-state index contributed by atoms with van der Waals surface area (Å²) in [6, 6.07) is 5.94. The Morgan fingerprint density at radius 3 is 2.80 bits per heavy atom. The maximum absolute atomic E-state index is 11.6. The van der Waals surface area contributed by atoms with Gasteiger partial charge in [-0.15, -0.1) is 0 Å². The van der Waals surface area contributed by atoms with E-state index in [2.05, 4.69) is 9.72 Å². The molecule has 0 aliphatic carbocycles. The van der Waals surface area contributed by atoms with Crippen LogP contribution in [0.25, 0.3) is 10.9 Å². The molecule has 0 saturated carbocycles. The van der Waals surface area contributed by atoms with Gasteiger partial charge in [0.25, 0.3) is 0 Å². The summed E-state index contributed by atoms with van der Waals surface area (Å²) in [6.07, 6.45) is -1.59. The molecule has 0 spiro atoms. The summed E-state index contributed by atoms with van der Waals surface area (Å²) >= 11 is 0. The molecule has 0 bridgehead atoms. The van der Waals surface area contributed by atoms with Crippen molar-refractivity contribution >= 4 is 16.9 Å². The van der Waals surface area contributed by atoms with Crippen LogP contribution in [-0.4, -0.2) is 33.9 Å². The zero-order valence-corrected chi connectivity index (χ0v) is 10.9. The van der Waals surface area contributed by atoms with Crippen molar-refractivity contribution in [3.8, 4) is 0 Å². The first-order chi connectivity index (χ1) is 9.54. The van der Waals surface area contributed by atoms with E-state index in [0.717, 1.165) is 0 Å². The van der Waals surface area contributed by atoms with Crippen molar-refractivity contribution in [3.05, 3.63) is 46.2 Å². The van der Waals surface area contributed by atoms with E-state index in [4.69, 9.17) is 0 Å². The Kier molecular flexibility index (Phi) is 4.16. The first kappa shape index (κ1) is 14.2. The molecular formula is C14H15NO5. The van der Waals surface area contributed by atoms with Crippen molar-refractivity contribution in [1.29, 1.82) is 0 Å². The molecule has 6 heteroatoms. The summed E-state index contributed by atoms with van der Waals surface area (Å²) < 4.78 is 4.65. The lowest BCUT2D eigenvalue weighted by molar-refractivity contribution is -0.159. The van der Waals surface area contributed by atoms with Gasteiger partial charge in [0.2, 0.25) is 0 Å². The average molecular weight is 277 g/mol. The van der Waals surface area contributed by atoms with Gasteiger partial charge in [0.1, 0.15) is 6.10 Å². The minimum atomic E-state index is -1.66. The largest absolute Gasteiger partial charge is 0.464 e. The standard InChI is InChI=1S/C14H15NO5/c1-2-20-14(19)13(18)12(17)8-3-4-9-10(7-8)15-6-5-11(9)16/h3-7,12-13,17-18H,2H2,1H3,(H,15,16). The summed E-state index contributed by atoms with van der Waals surface area (Å²) in [5.41, 5.74) is 0.691. The molecule has 2 atom stereocenters. The van der Waals surface area contributed by atoms with Gasteiger partial charge in [-0.05, 0) is 24.6 Å². The van der Waals surface area contributed by atoms with Crippen LogP contribution < -0.4 is 5.43 Å². The fraction of sp³-hybridized carbons (Fsp3) is 0.286. The number of nitrogens with one attached hydrogen (secondary N) is 1. The second-order valence-corrected chi connectivity index (χ2v) is 4.29. The van der Waals surface area contributed by atoms with Crippen LogP contribution in [0, 0.1) is 0 Å². The normalized spacial score (nSPS) is 13.9. The number of aliphatic hydroxyl groups excluding tert-OH is 2. The zero-order chi connectivity index (χ0) is 14.7. The molecule has 0 saturated heterocycles. The first-order valence-electron chi connectivity index (χ1n) is 6.18. The molecule has 0 aliphatic heterocycles. The van der Waals surface area contributed by atoms with E-state index >= 15 is 0 Å². The Morgan fingerprint density at radius 1 is 1.35 bits per heavy atom. The third-order valence-electron chi connectivity index (χ3n) is 2.95. The van der Waals surface area contributed by atoms with Gasteiger partial charge in [-0.2, -0.15) is 0 Å². The first-order valence-corrected chi connectivity index (χ1v) is 6.18. The predicted octanol–water partition coefficient (Wildman–Crippen LogP) is 0.485. The van der Waals surface area contributed by atoms with Crippen molar-refractivity contribution in [2.24, 2.45) is 0 Å². The van der Waals surface area contributed by atoms with Crippen LogP contribution in [0.4, 0.5) is 0 Å². The topological polar surface area (TPSA) is 99.6 Å². The number of carbonyl (C=O) groups excluding carboxylic acids is 1. The van der Waals surface area contributed by atoms with Crippen molar-refractivity contribution < 1.29 is 19.7 Å². The monoisotopic (exact) mass is 277 g/mol. The lowest BCUT2D eigenvalue weighted by atomic mass is 10.0. The van der Waals surface area contributed by atoms with E-state index in [-0.39, 0.29) is 12.0 Å². The number of benzene rings is 1. The Balaban J connectivity index is 2.33. The van der Waals surface area contributed by atoms with Gasteiger partial charge < -0.3 is 19.9 Å². The van der Waals surface area contributed by atoms with Crippen LogP contribution in [0.2, 0.25) is 0 Å². The second kappa shape index (κ2) is 5.85. The average Bonchev–Trinajstić information content (AvgIpc) is 2.46. The molecule has 1 aromatic carbocycles. The number of ether oxygens (including phenoxy) is 1. The molecule has 20 heavy (non-hydrogen) atoms. The van der Waals surface area contributed by atoms with E-state index in [0.29, 0.717) is 16.5 Å². The number of aliphatic hydroxyl groups is 2. The third-order valence-corrected chi connectivity index (χ3v) is 2.95. The molecule has 0 aliphatic rings. The fourth-order valence-corrected chi connectivity index (χ4v) is 1.92. The Hall–Kier alpha value is -2.18. The SMILES string of the molecule is CCOC(=O)C(O)C(O)c1ccc2c(=O)cc[nH]c2c1. The van der Waals surface area contributed by atoms with Crippen LogP contribution >= 0.6 is 0 Å². The lowest BCUT2D eigenvalue weighted by Crippen LogP contribution is -2.29. The number of fused-ring (bicyclic) bond motifs is 1. The minimum absolute atomic E-state index is 0.119. The molecule has 3 N–H and O–H groups in total. The van der Waals surface area contributed by atoms with E-state index in [1.165, 1.54) is 30.5 Å². The van der Waals surface area contributed by atoms with Gasteiger partial charge in [-0.1, -0.05) is 6.07 Å². The number of hydrogen-bond donors (Lipinski definition) is 3. The van der Waals surface area contributed by atoms with E-state index < -0.39 is 18.2 Å². The van der Waals surface area contributed by atoms with Crippen LogP contribution in [0.1, 0.15) is 18.6 Å². The number of aromatic amines is 1. The number of H-pyrrole nitrogens is 1. The summed E-state index contributed by atoms with van der Waals surface area (Å²) in [5, 5.41) is 20.1. The van der Waals surface area contributed by atoms with Crippen molar-refractivity contribution in [2.75, 3.05) is 6.61 Å². The van der Waals surface area contributed by atoms with E-state index in [9.17, 15) is 19.8 Å². The van der Waals surface area contributed by atoms with Crippen LogP contribution in [0.3, 0.4) is 0 Å². The Morgan fingerprint density at radius 2 is 2.10 bits per heavy atom. The van der Waals surface area contributed by atoms with Crippen molar-refractivity contribution in [3.63, 3.8) is 0 Å². The number of pyridine rings is 1. The fourth-order valence-electron chi connectivity index (χ4n) is 1.92. The van der Waals surface area contributed by atoms with Crippen LogP contribution in [-0.2, 0) is 9.53 Å². The molecule has 1 aromatic heterocycles. The van der Waals surface area contributed by atoms with Gasteiger partial charge in [0.05, 0.1) is 6.61 Å². The number of hydrogen-bond acceptors (Lipinski definition) is 5. The second-order valence-electron chi connectivity index (χ2n) is 4.29. The molecule has 106 valence electrons. The summed E-state index contributed by atoms with van der Waals surface area (Å²) in [5.74, 6) is -0.887. The molecule has 0 radical (unpaired) electrons. The number of carbonyl (C=O) groups is 1. The van der Waals surface area contributed by atoms with Crippen molar-refractivity contribution in [1.82, 2.24) is 4.98 Å². The number of aromatic nitrogens is 1. The highest BCUT2D eigenvalue weighted by molar-refractivity contribution is 5.80. The lowest BCUT2D eigenvalue weighted by Gasteiger charge is -2.17. The summed E-state index contributed by atoms with van der Waals surface area (Å²) in [7, 11) is 0. The highest BCUT2D eigenvalue weighted by Crippen LogP contribution is 2.20. The quantitative estimate of drug-likeness (QED) is 0.706. The summed E-state index contributed by atoms with van der Waals surface area (Å²) in [4.78, 5) is 25.8. The molecule has 2 aromatic rings. The minimum Gasteiger partial charge on any atom is -0.464 e. The maximum atomic E-state index is 11.6. The van der Waals surface area contributed by atoms with E-state index in [1.54, 1.807) is 6.92 Å². The van der Waals surface area contributed by atoms with Gasteiger partial charge in [-0.3, -0.25) is 4.79 Å². The van der Waals surface area contributed by atoms with Gasteiger partial charge >= 0.3 is 5.97 Å². The zero-order valence-electron chi connectivity index (χ0n) is 10.9. The molecule has 2 unspecified atom stereocenters. The molecule has 1 heterocycles. The molecule has 6 nitrogen and oxygen atoms in total. The highest BCUT2D eigenvalue weighted by Gasteiger charge is 2.27. The number of esters is 1. The van der Waals surface area contributed by atoms with Crippen LogP contribution in [0.5, 0.6) is 0 Å². The Bertz CT molecular complexity index is 679. The number of rotatable bonds is 4. The maximum Gasteiger partial charge on any atom is 0.338 e. The Labute approximate surface area is 114 Å². The van der Waals surface area contributed by atoms with Crippen molar-refractivity contribution in [2.45, 2.75) is 19.1 Å². The molecule has 0 fully saturated rings. The van der Waals surface area contributed by atoms with Gasteiger partial charge in [0, 0.05) is 23.2 Å². The predicted molar refractivity (Wildman–Crippen MR) is 72.2 cm³/mol. The van der Waals surface area contributed by atoms with Crippen LogP contribution in [0.15, 0.2) is 35.3 Å². The molecular weight excluding hydrogens is 262 g/mol.